The average molecular weight is 272 g/mol. The zero-order valence-electron chi connectivity index (χ0n) is 10.6. The van der Waals surface area contributed by atoms with Gasteiger partial charge in [-0.2, -0.15) is 5.10 Å². The third-order valence-corrected chi connectivity index (χ3v) is 5.39. The lowest BCUT2D eigenvalue weighted by atomic mass is 10.0. The van der Waals surface area contributed by atoms with Crippen molar-refractivity contribution in [2.45, 2.75) is 32.7 Å². The molecule has 2 rings (SSSR count). The molecule has 1 fully saturated rings. The SMILES string of the molecule is Cc1nn(C2(C)CCS(=O)(=O)C2)c(C)c1C(=O)O. The van der Waals surface area contributed by atoms with Crippen LogP contribution in [-0.4, -0.2) is 40.8 Å². The molecule has 1 atom stereocenters. The predicted molar refractivity (Wildman–Crippen MR) is 65.6 cm³/mol. The van der Waals surface area contributed by atoms with Crippen LogP contribution in [0.4, 0.5) is 0 Å². The lowest BCUT2D eigenvalue weighted by Crippen LogP contribution is -2.33. The Hall–Kier alpha value is -1.37. The van der Waals surface area contributed by atoms with Gasteiger partial charge in [-0.3, -0.25) is 4.68 Å². The van der Waals surface area contributed by atoms with E-state index in [1.54, 1.807) is 18.5 Å². The van der Waals surface area contributed by atoms with E-state index in [4.69, 9.17) is 5.11 Å². The lowest BCUT2D eigenvalue weighted by molar-refractivity contribution is 0.0695. The van der Waals surface area contributed by atoms with Crippen molar-refractivity contribution in [1.29, 1.82) is 0 Å². The first kappa shape index (κ1) is 13.1. The second-order valence-electron chi connectivity index (χ2n) is 5.10. The molecule has 1 aromatic heterocycles. The Morgan fingerprint density at radius 2 is 2.06 bits per heavy atom. The number of aromatic nitrogens is 2. The van der Waals surface area contributed by atoms with Gasteiger partial charge in [0.05, 0.1) is 28.4 Å². The number of aromatic carboxylic acids is 1. The zero-order chi connectivity index (χ0) is 13.7. The third kappa shape index (κ3) is 1.92. The van der Waals surface area contributed by atoms with Crippen molar-refractivity contribution in [3.05, 3.63) is 17.0 Å². The number of carboxylic acid groups (broad SMARTS) is 1. The first-order valence-corrected chi connectivity index (χ1v) is 7.49. The van der Waals surface area contributed by atoms with E-state index in [-0.39, 0.29) is 17.1 Å². The standard InChI is InChI=1S/C11H16N2O4S/c1-7-9(10(14)15)8(2)13(12-7)11(3)4-5-18(16,17)6-11/h4-6H2,1-3H3,(H,14,15). The van der Waals surface area contributed by atoms with Crippen LogP contribution in [0.5, 0.6) is 0 Å². The molecule has 7 heteroatoms. The minimum absolute atomic E-state index is 0.0149. The average Bonchev–Trinajstić information content (AvgIpc) is 2.65. The van der Waals surface area contributed by atoms with E-state index >= 15 is 0 Å². The summed E-state index contributed by atoms with van der Waals surface area (Å²) in [5.74, 6) is -0.883. The molecule has 1 unspecified atom stereocenters. The zero-order valence-corrected chi connectivity index (χ0v) is 11.4. The Morgan fingerprint density at radius 3 is 2.44 bits per heavy atom. The first-order valence-electron chi connectivity index (χ1n) is 5.67. The van der Waals surface area contributed by atoms with Gasteiger partial charge >= 0.3 is 5.97 Å². The highest BCUT2D eigenvalue weighted by molar-refractivity contribution is 7.91. The molecule has 1 N–H and O–H groups in total. The second kappa shape index (κ2) is 3.81. The Labute approximate surface area is 106 Å². The van der Waals surface area contributed by atoms with Crippen molar-refractivity contribution >= 4 is 15.8 Å². The summed E-state index contributed by atoms with van der Waals surface area (Å²) in [4.78, 5) is 11.1. The molecule has 18 heavy (non-hydrogen) atoms. The molecular formula is C11H16N2O4S. The van der Waals surface area contributed by atoms with Gasteiger partial charge in [0.25, 0.3) is 0 Å². The Kier molecular flexibility index (Phi) is 2.77. The van der Waals surface area contributed by atoms with E-state index in [1.807, 2.05) is 6.92 Å². The lowest BCUT2D eigenvalue weighted by Gasteiger charge is -2.24. The monoisotopic (exact) mass is 272 g/mol. The Balaban J connectivity index is 2.54. The molecule has 0 spiro atoms. The molecular weight excluding hydrogens is 256 g/mol. The van der Waals surface area contributed by atoms with Gasteiger partial charge in [0.1, 0.15) is 5.56 Å². The molecule has 1 aromatic rings. The number of nitrogens with zero attached hydrogens (tertiary/aromatic N) is 2. The number of rotatable bonds is 2. The van der Waals surface area contributed by atoms with E-state index in [0.717, 1.165) is 0 Å². The number of sulfone groups is 1. The molecule has 0 aromatic carbocycles. The van der Waals surface area contributed by atoms with Gasteiger partial charge < -0.3 is 5.11 Å². The highest BCUT2D eigenvalue weighted by Crippen LogP contribution is 2.32. The molecule has 6 nitrogen and oxygen atoms in total. The van der Waals surface area contributed by atoms with Crippen molar-refractivity contribution in [2.24, 2.45) is 0 Å². The van der Waals surface area contributed by atoms with Gasteiger partial charge in [-0.05, 0) is 27.2 Å². The highest BCUT2D eigenvalue weighted by atomic mass is 32.2. The van der Waals surface area contributed by atoms with Crippen LogP contribution in [0.3, 0.4) is 0 Å². The minimum Gasteiger partial charge on any atom is -0.478 e. The second-order valence-corrected chi connectivity index (χ2v) is 7.29. The summed E-state index contributed by atoms with van der Waals surface area (Å²) in [5, 5.41) is 13.3. The maximum Gasteiger partial charge on any atom is 0.339 e. The molecule has 100 valence electrons. The molecule has 1 aliphatic heterocycles. The van der Waals surface area contributed by atoms with E-state index in [9.17, 15) is 13.2 Å². The van der Waals surface area contributed by atoms with Gasteiger partial charge in [-0.1, -0.05) is 0 Å². The van der Waals surface area contributed by atoms with Crippen LogP contribution in [0.2, 0.25) is 0 Å². The Morgan fingerprint density at radius 1 is 1.44 bits per heavy atom. The van der Waals surface area contributed by atoms with Crippen LogP contribution in [0.25, 0.3) is 0 Å². The molecule has 0 amide bonds. The fraction of sp³-hybridized carbons (Fsp3) is 0.636. The highest BCUT2D eigenvalue weighted by Gasteiger charge is 2.42. The van der Waals surface area contributed by atoms with Crippen LogP contribution >= 0.6 is 0 Å². The van der Waals surface area contributed by atoms with E-state index in [2.05, 4.69) is 5.10 Å². The number of carbonyl (C=O) groups is 1. The van der Waals surface area contributed by atoms with Crippen molar-refractivity contribution in [2.75, 3.05) is 11.5 Å². The van der Waals surface area contributed by atoms with Crippen molar-refractivity contribution in [3.63, 3.8) is 0 Å². The van der Waals surface area contributed by atoms with Crippen molar-refractivity contribution in [3.8, 4) is 0 Å². The van der Waals surface area contributed by atoms with Gasteiger partial charge in [-0.15, -0.1) is 0 Å². The molecule has 0 saturated carbocycles. The minimum atomic E-state index is -3.05. The fourth-order valence-electron chi connectivity index (χ4n) is 2.64. The molecule has 1 saturated heterocycles. The number of carboxylic acids is 1. The largest absolute Gasteiger partial charge is 0.478 e. The smallest absolute Gasteiger partial charge is 0.339 e. The molecule has 0 radical (unpaired) electrons. The van der Waals surface area contributed by atoms with E-state index < -0.39 is 21.3 Å². The summed E-state index contributed by atoms with van der Waals surface area (Å²) >= 11 is 0. The number of hydrogen-bond donors (Lipinski definition) is 1. The molecule has 1 aliphatic rings. The number of aryl methyl sites for hydroxylation is 1. The Bertz CT molecular complexity index is 617. The first-order chi connectivity index (χ1) is 8.16. The summed E-state index contributed by atoms with van der Waals surface area (Å²) in [6, 6.07) is 0. The van der Waals surface area contributed by atoms with E-state index in [1.165, 1.54) is 0 Å². The third-order valence-electron chi connectivity index (χ3n) is 3.50. The molecule has 2 heterocycles. The molecule has 0 bridgehead atoms. The maximum atomic E-state index is 11.6. The van der Waals surface area contributed by atoms with Crippen molar-refractivity contribution < 1.29 is 18.3 Å². The van der Waals surface area contributed by atoms with Gasteiger partial charge in [0.2, 0.25) is 0 Å². The van der Waals surface area contributed by atoms with Gasteiger partial charge in [0, 0.05) is 0 Å². The number of hydrogen-bond acceptors (Lipinski definition) is 4. The van der Waals surface area contributed by atoms with Gasteiger partial charge in [0.15, 0.2) is 9.84 Å². The summed E-state index contributed by atoms with van der Waals surface area (Å²) < 4.78 is 24.8. The quantitative estimate of drug-likeness (QED) is 0.857. The van der Waals surface area contributed by atoms with E-state index in [0.29, 0.717) is 17.8 Å². The summed E-state index contributed by atoms with van der Waals surface area (Å²) in [6.45, 7) is 5.10. The van der Waals surface area contributed by atoms with Crippen LogP contribution < -0.4 is 0 Å². The summed E-state index contributed by atoms with van der Waals surface area (Å²) in [7, 11) is -3.05. The summed E-state index contributed by atoms with van der Waals surface area (Å²) in [5.41, 5.74) is 0.465. The topological polar surface area (TPSA) is 89.3 Å². The molecule has 0 aliphatic carbocycles. The van der Waals surface area contributed by atoms with Crippen LogP contribution in [0, 0.1) is 13.8 Å². The van der Waals surface area contributed by atoms with Crippen LogP contribution in [-0.2, 0) is 15.4 Å². The normalized spacial score (nSPS) is 26.4. The van der Waals surface area contributed by atoms with Crippen molar-refractivity contribution in [1.82, 2.24) is 9.78 Å². The predicted octanol–water partition coefficient (Wildman–Crippen LogP) is 0.732. The summed E-state index contributed by atoms with van der Waals surface area (Å²) in [6.07, 6.45) is 0.469. The maximum absolute atomic E-state index is 11.6. The van der Waals surface area contributed by atoms with Gasteiger partial charge in [-0.25, -0.2) is 13.2 Å². The van der Waals surface area contributed by atoms with Crippen LogP contribution in [0.1, 0.15) is 35.1 Å². The van der Waals surface area contributed by atoms with Crippen LogP contribution in [0.15, 0.2) is 0 Å². The fourth-order valence-corrected chi connectivity index (χ4v) is 4.75.